The number of hydrogen-bond donors (Lipinski definition) is 0. The van der Waals surface area contributed by atoms with Crippen LogP contribution in [0.5, 0.6) is 0 Å². The molecule has 0 amide bonds. The van der Waals surface area contributed by atoms with E-state index in [1.54, 1.807) is 0 Å². The van der Waals surface area contributed by atoms with E-state index in [2.05, 4.69) is 4.98 Å². The van der Waals surface area contributed by atoms with E-state index >= 15 is 0 Å². The fourth-order valence-electron chi connectivity index (χ4n) is 1.36. The van der Waals surface area contributed by atoms with Gasteiger partial charge in [0, 0.05) is 7.11 Å². The highest BCUT2D eigenvalue weighted by Gasteiger charge is 2.17. The van der Waals surface area contributed by atoms with Crippen LogP contribution in [0.25, 0.3) is 0 Å². The number of hydrogen-bond acceptors (Lipinski definition) is 6. The molecule has 7 heteroatoms. The third-order valence-electron chi connectivity index (χ3n) is 1.98. The van der Waals surface area contributed by atoms with Gasteiger partial charge in [0.25, 0.3) is 0 Å². The van der Waals surface area contributed by atoms with Crippen molar-refractivity contribution in [3.63, 3.8) is 0 Å². The SMILES string of the molecule is CCCS(=O)(=O)Cc1nc(COC)c(C#N)s1. The minimum atomic E-state index is -3.11. The number of sulfone groups is 1. The zero-order valence-corrected chi connectivity index (χ0v) is 11.4. The monoisotopic (exact) mass is 274 g/mol. The van der Waals surface area contributed by atoms with Crippen molar-refractivity contribution < 1.29 is 13.2 Å². The molecule has 0 aliphatic heterocycles. The Morgan fingerprint density at radius 2 is 2.24 bits per heavy atom. The van der Waals surface area contributed by atoms with E-state index in [9.17, 15) is 8.42 Å². The maximum atomic E-state index is 11.6. The van der Waals surface area contributed by atoms with Crippen molar-refractivity contribution in [2.45, 2.75) is 25.7 Å². The molecular weight excluding hydrogens is 260 g/mol. The molecule has 0 radical (unpaired) electrons. The van der Waals surface area contributed by atoms with Gasteiger partial charge in [0.1, 0.15) is 21.7 Å². The first-order chi connectivity index (χ1) is 8.02. The van der Waals surface area contributed by atoms with Crippen LogP contribution in [-0.2, 0) is 26.9 Å². The Kier molecular flexibility index (Phi) is 5.05. The lowest BCUT2D eigenvalue weighted by Gasteiger charge is -1.98. The second kappa shape index (κ2) is 6.10. The molecular formula is C10H14N2O3S2. The predicted molar refractivity (Wildman–Crippen MR) is 65.3 cm³/mol. The molecule has 1 heterocycles. The third-order valence-corrected chi connectivity index (χ3v) is 4.91. The molecule has 17 heavy (non-hydrogen) atoms. The maximum Gasteiger partial charge on any atom is 0.156 e. The minimum Gasteiger partial charge on any atom is -0.378 e. The molecule has 5 nitrogen and oxygen atoms in total. The first kappa shape index (κ1) is 14.1. The molecule has 0 saturated heterocycles. The smallest absolute Gasteiger partial charge is 0.156 e. The molecule has 1 aromatic heterocycles. The van der Waals surface area contributed by atoms with Crippen LogP contribution in [0.4, 0.5) is 0 Å². The summed E-state index contributed by atoms with van der Waals surface area (Å²) in [6.07, 6.45) is 0.587. The zero-order chi connectivity index (χ0) is 12.9. The van der Waals surface area contributed by atoms with Crippen molar-refractivity contribution in [3.05, 3.63) is 15.6 Å². The zero-order valence-electron chi connectivity index (χ0n) is 9.76. The van der Waals surface area contributed by atoms with Gasteiger partial charge in [-0.1, -0.05) is 6.92 Å². The number of thiazole rings is 1. The number of aromatic nitrogens is 1. The van der Waals surface area contributed by atoms with Gasteiger partial charge < -0.3 is 4.74 Å². The fourth-order valence-corrected chi connectivity index (χ4v) is 4.00. The Balaban J connectivity index is 2.90. The number of ether oxygens (including phenoxy) is 1. The lowest BCUT2D eigenvalue weighted by atomic mass is 10.4. The predicted octanol–water partition coefficient (Wildman–Crippen LogP) is 1.49. The van der Waals surface area contributed by atoms with Gasteiger partial charge in [-0.05, 0) is 6.42 Å². The molecule has 0 N–H and O–H groups in total. The summed E-state index contributed by atoms with van der Waals surface area (Å²) in [5, 5.41) is 9.34. The van der Waals surface area contributed by atoms with Crippen LogP contribution in [0.3, 0.4) is 0 Å². The van der Waals surface area contributed by atoms with Crippen LogP contribution in [0.2, 0.25) is 0 Å². The van der Waals surface area contributed by atoms with Gasteiger partial charge in [-0.25, -0.2) is 13.4 Å². The Bertz CT molecular complexity index is 514. The summed E-state index contributed by atoms with van der Waals surface area (Å²) < 4.78 is 28.1. The molecule has 0 fully saturated rings. The molecule has 0 aliphatic rings. The van der Waals surface area contributed by atoms with Crippen LogP contribution in [0.15, 0.2) is 0 Å². The van der Waals surface area contributed by atoms with Crippen molar-refractivity contribution in [2.75, 3.05) is 12.9 Å². The van der Waals surface area contributed by atoms with Crippen molar-refractivity contribution in [2.24, 2.45) is 0 Å². The largest absolute Gasteiger partial charge is 0.378 e. The average Bonchev–Trinajstić information content (AvgIpc) is 2.59. The number of nitrogens with zero attached hydrogens (tertiary/aromatic N) is 2. The maximum absolute atomic E-state index is 11.6. The van der Waals surface area contributed by atoms with Crippen LogP contribution >= 0.6 is 11.3 Å². The normalized spacial score (nSPS) is 11.4. The van der Waals surface area contributed by atoms with Gasteiger partial charge in [-0.2, -0.15) is 5.26 Å². The van der Waals surface area contributed by atoms with Crippen molar-refractivity contribution in [1.29, 1.82) is 5.26 Å². The fraction of sp³-hybridized carbons (Fsp3) is 0.600. The Morgan fingerprint density at radius 3 is 2.76 bits per heavy atom. The first-order valence-corrected chi connectivity index (χ1v) is 7.74. The molecule has 0 spiro atoms. The highest BCUT2D eigenvalue weighted by Crippen LogP contribution is 2.20. The van der Waals surface area contributed by atoms with Gasteiger partial charge in [0.15, 0.2) is 9.84 Å². The summed E-state index contributed by atoms with van der Waals surface area (Å²) in [5.41, 5.74) is 0.515. The first-order valence-electron chi connectivity index (χ1n) is 5.10. The van der Waals surface area contributed by atoms with E-state index in [1.165, 1.54) is 7.11 Å². The summed E-state index contributed by atoms with van der Waals surface area (Å²) in [6, 6.07) is 2.00. The topological polar surface area (TPSA) is 80.1 Å². The van der Waals surface area contributed by atoms with Gasteiger partial charge in [0.2, 0.25) is 0 Å². The lowest BCUT2D eigenvalue weighted by molar-refractivity contribution is 0.181. The molecule has 0 aromatic carbocycles. The summed E-state index contributed by atoms with van der Waals surface area (Å²) >= 11 is 1.12. The Hall–Kier alpha value is -0.970. The van der Waals surface area contributed by atoms with Crippen LogP contribution in [0.1, 0.15) is 28.9 Å². The van der Waals surface area contributed by atoms with Crippen LogP contribution in [-0.4, -0.2) is 26.3 Å². The highest BCUT2D eigenvalue weighted by molar-refractivity contribution is 7.90. The third kappa shape index (κ3) is 4.07. The number of rotatable bonds is 6. The second-order valence-corrected chi connectivity index (χ2v) is 6.79. The van der Waals surface area contributed by atoms with Crippen molar-refractivity contribution >= 4 is 21.2 Å². The summed E-state index contributed by atoms with van der Waals surface area (Å²) in [5.74, 6) is 0.0536. The van der Waals surface area contributed by atoms with Crippen LogP contribution < -0.4 is 0 Å². The van der Waals surface area contributed by atoms with Crippen molar-refractivity contribution in [3.8, 4) is 6.07 Å². The number of nitriles is 1. The quantitative estimate of drug-likeness (QED) is 0.785. The van der Waals surface area contributed by atoms with E-state index in [0.29, 0.717) is 22.0 Å². The molecule has 1 aromatic rings. The summed E-state index contributed by atoms with van der Waals surface area (Å²) in [4.78, 5) is 4.55. The molecule has 1 rings (SSSR count). The van der Waals surface area contributed by atoms with Crippen LogP contribution in [0, 0.1) is 11.3 Å². The van der Waals surface area contributed by atoms with Crippen molar-refractivity contribution in [1.82, 2.24) is 4.98 Å². The summed E-state index contributed by atoms with van der Waals surface area (Å²) in [6.45, 7) is 2.05. The van der Waals surface area contributed by atoms with E-state index in [4.69, 9.17) is 10.00 Å². The number of methoxy groups -OCH3 is 1. The van der Waals surface area contributed by atoms with Gasteiger partial charge >= 0.3 is 0 Å². The van der Waals surface area contributed by atoms with E-state index in [0.717, 1.165) is 11.3 Å². The Labute approximate surface area is 105 Å². The molecule has 94 valence electrons. The standard InChI is InChI=1S/C10H14N2O3S2/c1-3-4-17(13,14)7-10-12-8(6-15-2)9(5-11)16-10/h3-4,6-7H2,1-2H3. The average molecular weight is 274 g/mol. The van der Waals surface area contributed by atoms with Gasteiger partial charge in [-0.3, -0.25) is 0 Å². The van der Waals surface area contributed by atoms with Gasteiger partial charge in [-0.15, -0.1) is 11.3 Å². The van der Waals surface area contributed by atoms with E-state index < -0.39 is 9.84 Å². The summed E-state index contributed by atoms with van der Waals surface area (Å²) in [7, 11) is -1.61. The Morgan fingerprint density at radius 1 is 1.53 bits per heavy atom. The molecule has 0 bridgehead atoms. The minimum absolute atomic E-state index is 0.0934. The second-order valence-electron chi connectivity index (χ2n) is 3.52. The molecule has 0 unspecified atom stereocenters. The van der Waals surface area contributed by atoms with Gasteiger partial charge in [0.05, 0.1) is 18.1 Å². The molecule has 0 aliphatic carbocycles. The molecule has 0 atom stereocenters. The van der Waals surface area contributed by atoms with E-state index in [-0.39, 0.29) is 18.1 Å². The lowest BCUT2D eigenvalue weighted by Crippen LogP contribution is -2.08. The highest BCUT2D eigenvalue weighted by atomic mass is 32.2. The van der Waals surface area contributed by atoms with E-state index in [1.807, 2.05) is 13.0 Å². The molecule has 0 saturated carbocycles.